The first-order valence-corrected chi connectivity index (χ1v) is 6.60. The number of rotatable bonds is 5. The molecule has 2 aromatic rings. The first kappa shape index (κ1) is 14.4. The molecule has 0 spiro atoms. The molecule has 0 saturated carbocycles. The number of aromatic nitrogens is 1. The van der Waals surface area contributed by atoms with Crippen molar-refractivity contribution >= 4 is 28.8 Å². The van der Waals surface area contributed by atoms with E-state index in [2.05, 4.69) is 10.3 Å². The number of anilines is 3. The molecule has 0 fully saturated rings. The van der Waals surface area contributed by atoms with Gasteiger partial charge in [-0.25, -0.2) is 4.39 Å². The molecule has 3 N–H and O–H groups in total. The summed E-state index contributed by atoms with van der Waals surface area (Å²) < 4.78 is 19.1. The third-order valence-electron chi connectivity index (χ3n) is 2.55. The lowest BCUT2D eigenvalue weighted by Gasteiger charge is -2.11. The van der Waals surface area contributed by atoms with Crippen LogP contribution in [0.3, 0.4) is 0 Å². The monoisotopic (exact) mass is 295 g/mol. The summed E-state index contributed by atoms with van der Waals surface area (Å²) in [4.78, 5) is 4.20. The zero-order valence-corrected chi connectivity index (χ0v) is 11.7. The topological polar surface area (TPSA) is 60.2 Å². The normalized spacial score (nSPS) is 10.3. The van der Waals surface area contributed by atoms with E-state index in [1.807, 2.05) is 6.92 Å². The Morgan fingerprint density at radius 3 is 2.85 bits per heavy atom. The zero-order valence-electron chi connectivity index (χ0n) is 11.0. The van der Waals surface area contributed by atoms with Gasteiger partial charge in [-0.3, -0.25) is 0 Å². The van der Waals surface area contributed by atoms with Crippen molar-refractivity contribution in [1.82, 2.24) is 4.98 Å². The summed E-state index contributed by atoms with van der Waals surface area (Å²) in [6, 6.07) is 7.74. The SMILES string of the molecule is CCCOc1nc(Nc2c(F)cccc2Cl)ccc1N. The molecule has 106 valence electrons. The molecule has 6 heteroatoms. The van der Waals surface area contributed by atoms with Crippen LogP contribution in [0.4, 0.5) is 21.6 Å². The molecule has 0 amide bonds. The van der Waals surface area contributed by atoms with Gasteiger partial charge < -0.3 is 15.8 Å². The van der Waals surface area contributed by atoms with Crippen LogP contribution in [0.25, 0.3) is 0 Å². The van der Waals surface area contributed by atoms with Gasteiger partial charge in [0.15, 0.2) is 0 Å². The van der Waals surface area contributed by atoms with Crippen LogP contribution in [0.2, 0.25) is 5.02 Å². The Bertz CT molecular complexity index is 587. The number of hydrogen-bond donors (Lipinski definition) is 2. The summed E-state index contributed by atoms with van der Waals surface area (Å²) in [5.41, 5.74) is 6.38. The number of hydrogen-bond acceptors (Lipinski definition) is 4. The Balaban J connectivity index is 2.25. The van der Waals surface area contributed by atoms with E-state index in [1.54, 1.807) is 18.2 Å². The van der Waals surface area contributed by atoms with E-state index in [1.165, 1.54) is 12.1 Å². The van der Waals surface area contributed by atoms with Crippen molar-refractivity contribution in [3.05, 3.63) is 41.2 Å². The predicted octanol–water partition coefficient (Wildman–Crippen LogP) is 3.99. The summed E-state index contributed by atoms with van der Waals surface area (Å²) in [5.74, 6) is 0.286. The fourth-order valence-corrected chi connectivity index (χ4v) is 1.79. The van der Waals surface area contributed by atoms with Crippen molar-refractivity contribution in [2.45, 2.75) is 13.3 Å². The first-order chi connectivity index (χ1) is 9.61. The summed E-state index contributed by atoms with van der Waals surface area (Å²) in [6.07, 6.45) is 0.845. The smallest absolute Gasteiger partial charge is 0.239 e. The molecular weight excluding hydrogens is 281 g/mol. The molecule has 0 radical (unpaired) electrons. The van der Waals surface area contributed by atoms with Gasteiger partial charge in [-0.2, -0.15) is 4.98 Å². The summed E-state index contributed by atoms with van der Waals surface area (Å²) in [6.45, 7) is 2.50. The number of nitrogen functional groups attached to an aromatic ring is 1. The van der Waals surface area contributed by atoms with Crippen molar-refractivity contribution in [1.29, 1.82) is 0 Å². The van der Waals surface area contributed by atoms with Crippen LogP contribution in [0.1, 0.15) is 13.3 Å². The minimum absolute atomic E-state index is 0.174. The summed E-state index contributed by atoms with van der Waals surface area (Å²) in [5, 5.41) is 3.11. The lowest BCUT2D eigenvalue weighted by molar-refractivity contribution is 0.307. The molecule has 1 aromatic carbocycles. The highest BCUT2D eigenvalue weighted by molar-refractivity contribution is 6.33. The molecule has 4 nitrogen and oxygen atoms in total. The van der Waals surface area contributed by atoms with Gasteiger partial charge in [0.05, 0.1) is 23.0 Å². The second kappa shape index (κ2) is 6.43. The molecule has 1 heterocycles. The highest BCUT2D eigenvalue weighted by Crippen LogP contribution is 2.29. The van der Waals surface area contributed by atoms with E-state index in [9.17, 15) is 4.39 Å². The van der Waals surface area contributed by atoms with Gasteiger partial charge >= 0.3 is 0 Å². The van der Waals surface area contributed by atoms with Crippen molar-refractivity contribution < 1.29 is 9.13 Å². The zero-order chi connectivity index (χ0) is 14.5. The first-order valence-electron chi connectivity index (χ1n) is 6.22. The van der Waals surface area contributed by atoms with Crippen LogP contribution in [0, 0.1) is 5.82 Å². The summed E-state index contributed by atoms with van der Waals surface area (Å²) in [7, 11) is 0. The molecule has 0 bridgehead atoms. The maximum absolute atomic E-state index is 13.7. The van der Waals surface area contributed by atoms with Gasteiger partial charge in [0.25, 0.3) is 0 Å². The quantitative estimate of drug-likeness (QED) is 0.875. The average molecular weight is 296 g/mol. The van der Waals surface area contributed by atoms with E-state index >= 15 is 0 Å². The van der Waals surface area contributed by atoms with Crippen LogP contribution < -0.4 is 15.8 Å². The Hall–Kier alpha value is -2.01. The molecular formula is C14H15ClFN3O. The lowest BCUT2D eigenvalue weighted by atomic mass is 10.3. The third-order valence-corrected chi connectivity index (χ3v) is 2.86. The molecule has 0 saturated heterocycles. The van der Waals surface area contributed by atoms with Crippen LogP contribution in [-0.4, -0.2) is 11.6 Å². The van der Waals surface area contributed by atoms with Crippen molar-refractivity contribution in [3.63, 3.8) is 0 Å². The highest BCUT2D eigenvalue weighted by atomic mass is 35.5. The molecule has 0 aliphatic rings. The Labute approximate surface area is 121 Å². The number of nitrogens with one attached hydrogen (secondary N) is 1. The molecule has 1 aromatic heterocycles. The minimum Gasteiger partial charge on any atom is -0.476 e. The van der Waals surface area contributed by atoms with E-state index in [4.69, 9.17) is 22.1 Å². The maximum atomic E-state index is 13.7. The second-order valence-electron chi connectivity index (χ2n) is 4.16. The highest BCUT2D eigenvalue weighted by Gasteiger charge is 2.09. The van der Waals surface area contributed by atoms with Crippen LogP contribution >= 0.6 is 11.6 Å². The number of ether oxygens (including phenoxy) is 1. The Kier molecular flexibility index (Phi) is 4.63. The summed E-state index contributed by atoms with van der Waals surface area (Å²) >= 11 is 5.95. The number of pyridine rings is 1. The van der Waals surface area contributed by atoms with Gasteiger partial charge in [-0.05, 0) is 30.7 Å². The van der Waals surface area contributed by atoms with Crippen molar-refractivity contribution in [3.8, 4) is 5.88 Å². The van der Waals surface area contributed by atoms with Crippen molar-refractivity contribution in [2.24, 2.45) is 0 Å². The van der Waals surface area contributed by atoms with Gasteiger partial charge in [-0.15, -0.1) is 0 Å². The Morgan fingerprint density at radius 2 is 2.15 bits per heavy atom. The fourth-order valence-electron chi connectivity index (χ4n) is 1.58. The number of nitrogens with two attached hydrogens (primary N) is 1. The predicted molar refractivity (Wildman–Crippen MR) is 79.1 cm³/mol. The van der Waals surface area contributed by atoms with Crippen LogP contribution in [0.5, 0.6) is 5.88 Å². The van der Waals surface area contributed by atoms with E-state index in [0.29, 0.717) is 24.0 Å². The number of nitrogens with zero attached hydrogens (tertiary/aromatic N) is 1. The average Bonchev–Trinajstić information content (AvgIpc) is 2.43. The van der Waals surface area contributed by atoms with E-state index < -0.39 is 5.82 Å². The van der Waals surface area contributed by atoms with Crippen LogP contribution in [-0.2, 0) is 0 Å². The second-order valence-corrected chi connectivity index (χ2v) is 4.57. The molecule has 0 aliphatic heterocycles. The Morgan fingerprint density at radius 1 is 1.35 bits per heavy atom. The van der Waals surface area contributed by atoms with Crippen LogP contribution in [0.15, 0.2) is 30.3 Å². The largest absolute Gasteiger partial charge is 0.476 e. The molecule has 0 unspecified atom stereocenters. The van der Waals surface area contributed by atoms with Gasteiger partial charge in [0.1, 0.15) is 11.6 Å². The molecule has 0 atom stereocenters. The number of halogens is 2. The minimum atomic E-state index is -0.452. The number of para-hydroxylation sites is 1. The van der Waals surface area contributed by atoms with Gasteiger partial charge in [-0.1, -0.05) is 24.6 Å². The third kappa shape index (κ3) is 3.30. The van der Waals surface area contributed by atoms with Gasteiger partial charge in [0, 0.05) is 0 Å². The molecule has 20 heavy (non-hydrogen) atoms. The van der Waals surface area contributed by atoms with Crippen molar-refractivity contribution in [2.75, 3.05) is 17.7 Å². The molecule has 2 rings (SSSR count). The van der Waals surface area contributed by atoms with Gasteiger partial charge in [0.2, 0.25) is 5.88 Å². The maximum Gasteiger partial charge on any atom is 0.239 e. The van der Waals surface area contributed by atoms with E-state index in [-0.39, 0.29) is 10.7 Å². The fraction of sp³-hybridized carbons (Fsp3) is 0.214. The lowest BCUT2D eigenvalue weighted by Crippen LogP contribution is -2.04. The van der Waals surface area contributed by atoms with E-state index in [0.717, 1.165) is 6.42 Å². The molecule has 0 aliphatic carbocycles. The number of benzene rings is 1. The standard InChI is InChI=1S/C14H15ClFN3O/c1-2-8-20-14-11(17)6-7-12(19-14)18-13-9(15)4-3-5-10(13)16/h3-7H,2,8,17H2,1H3,(H,18,19).